The third kappa shape index (κ3) is 7.09. The first-order chi connectivity index (χ1) is 14.3. The molecule has 0 aliphatic carbocycles. The Hall–Kier alpha value is -1.98. The molecule has 1 atom stereocenters. The molecule has 1 heterocycles. The highest BCUT2D eigenvalue weighted by molar-refractivity contribution is 7.99. The van der Waals surface area contributed by atoms with Gasteiger partial charge in [0.05, 0.1) is 18.3 Å². The molecule has 0 saturated carbocycles. The summed E-state index contributed by atoms with van der Waals surface area (Å²) in [5, 5.41) is 3.06. The van der Waals surface area contributed by atoms with Crippen LogP contribution in [0.15, 0.2) is 53.4 Å². The summed E-state index contributed by atoms with van der Waals surface area (Å²) in [7, 11) is 0. The van der Waals surface area contributed by atoms with E-state index in [-0.39, 0.29) is 5.91 Å². The Balaban J connectivity index is 1.45. The van der Waals surface area contributed by atoms with Gasteiger partial charge in [-0.05, 0) is 55.5 Å². The lowest BCUT2D eigenvalue weighted by atomic mass is 10.1. The first-order valence-corrected chi connectivity index (χ1v) is 11.6. The Morgan fingerprint density at radius 1 is 1.21 bits per heavy atom. The highest BCUT2D eigenvalue weighted by Gasteiger charge is 2.17. The average Bonchev–Trinajstić information content (AvgIpc) is 3.27. The Kier molecular flexibility index (Phi) is 8.90. The van der Waals surface area contributed by atoms with Crippen molar-refractivity contribution in [1.29, 1.82) is 0 Å². The number of rotatable bonds is 11. The summed E-state index contributed by atoms with van der Waals surface area (Å²) in [5.74, 6) is 1.79. The average molecular weight is 414 g/mol. The van der Waals surface area contributed by atoms with Crippen molar-refractivity contribution in [1.82, 2.24) is 5.32 Å². The van der Waals surface area contributed by atoms with Gasteiger partial charge in [0.25, 0.3) is 5.91 Å². The molecule has 3 rings (SSSR count). The molecule has 1 amide bonds. The van der Waals surface area contributed by atoms with E-state index in [0.717, 1.165) is 67.3 Å². The number of carbonyl (C=O) groups is 1. The SMILES string of the molecule is CCCCOc1ccc(CCNC(=O)c2ccccc2SCC2CCCO2)cc1. The summed E-state index contributed by atoms with van der Waals surface area (Å²) in [6, 6.07) is 16.0. The van der Waals surface area contributed by atoms with Crippen molar-refractivity contribution < 1.29 is 14.3 Å². The minimum atomic E-state index is -0.0139. The quantitative estimate of drug-likeness (QED) is 0.411. The molecule has 29 heavy (non-hydrogen) atoms. The fourth-order valence-electron chi connectivity index (χ4n) is 3.24. The summed E-state index contributed by atoms with van der Waals surface area (Å²) in [6.45, 7) is 4.39. The molecular formula is C24H31NO3S. The van der Waals surface area contributed by atoms with Crippen LogP contribution in [-0.2, 0) is 11.2 Å². The molecule has 4 nitrogen and oxygen atoms in total. The minimum Gasteiger partial charge on any atom is -0.494 e. The number of nitrogens with one attached hydrogen (secondary N) is 1. The zero-order valence-electron chi connectivity index (χ0n) is 17.2. The van der Waals surface area contributed by atoms with Crippen LogP contribution in [0.4, 0.5) is 0 Å². The number of unbranched alkanes of at least 4 members (excludes halogenated alkanes) is 1. The number of carbonyl (C=O) groups excluding carboxylic acids is 1. The van der Waals surface area contributed by atoms with Crippen molar-refractivity contribution in [2.45, 2.75) is 50.0 Å². The molecule has 1 fully saturated rings. The topological polar surface area (TPSA) is 47.6 Å². The molecule has 1 unspecified atom stereocenters. The van der Waals surface area contributed by atoms with Gasteiger partial charge < -0.3 is 14.8 Å². The van der Waals surface area contributed by atoms with E-state index in [4.69, 9.17) is 9.47 Å². The highest BCUT2D eigenvalue weighted by atomic mass is 32.2. The zero-order chi connectivity index (χ0) is 20.3. The molecule has 5 heteroatoms. The normalized spacial score (nSPS) is 16.0. The first kappa shape index (κ1) is 21.7. The van der Waals surface area contributed by atoms with Crippen LogP contribution in [0.25, 0.3) is 0 Å². The number of ether oxygens (including phenoxy) is 2. The van der Waals surface area contributed by atoms with Gasteiger partial charge in [0, 0.05) is 23.8 Å². The van der Waals surface area contributed by atoms with E-state index in [1.165, 1.54) is 5.56 Å². The van der Waals surface area contributed by atoms with Gasteiger partial charge in [-0.3, -0.25) is 4.79 Å². The summed E-state index contributed by atoms with van der Waals surface area (Å²) >= 11 is 1.71. The molecule has 1 N–H and O–H groups in total. The molecular weight excluding hydrogens is 382 g/mol. The molecule has 1 aliphatic rings. The molecule has 0 spiro atoms. The Bertz CT molecular complexity index is 757. The Labute approximate surface area is 178 Å². The van der Waals surface area contributed by atoms with Gasteiger partial charge in [0.2, 0.25) is 0 Å². The fourth-order valence-corrected chi connectivity index (χ4v) is 4.36. The van der Waals surface area contributed by atoms with Crippen LogP contribution in [0.1, 0.15) is 48.5 Å². The second kappa shape index (κ2) is 11.9. The van der Waals surface area contributed by atoms with E-state index < -0.39 is 0 Å². The van der Waals surface area contributed by atoms with Gasteiger partial charge in [0.15, 0.2) is 0 Å². The van der Waals surface area contributed by atoms with Crippen LogP contribution in [-0.4, -0.2) is 37.5 Å². The van der Waals surface area contributed by atoms with Crippen LogP contribution in [0.2, 0.25) is 0 Å². The maximum atomic E-state index is 12.7. The smallest absolute Gasteiger partial charge is 0.252 e. The van der Waals surface area contributed by atoms with Crippen molar-refractivity contribution in [3.8, 4) is 5.75 Å². The summed E-state index contributed by atoms with van der Waals surface area (Å²) in [4.78, 5) is 13.7. The highest BCUT2D eigenvalue weighted by Crippen LogP contribution is 2.26. The number of amides is 1. The van der Waals surface area contributed by atoms with E-state index >= 15 is 0 Å². The molecule has 2 aromatic rings. The summed E-state index contributed by atoms with van der Waals surface area (Å²) in [5.41, 5.74) is 1.93. The van der Waals surface area contributed by atoms with Crippen LogP contribution < -0.4 is 10.1 Å². The maximum absolute atomic E-state index is 12.7. The monoisotopic (exact) mass is 413 g/mol. The Morgan fingerprint density at radius 3 is 2.79 bits per heavy atom. The lowest BCUT2D eigenvalue weighted by Gasteiger charge is -2.12. The van der Waals surface area contributed by atoms with Gasteiger partial charge >= 0.3 is 0 Å². The zero-order valence-corrected chi connectivity index (χ0v) is 18.0. The van der Waals surface area contributed by atoms with Gasteiger partial charge in [-0.25, -0.2) is 0 Å². The standard InChI is InChI=1S/C24H31NO3S/c1-2-3-16-27-20-12-10-19(11-13-20)14-15-25-24(26)22-8-4-5-9-23(22)29-18-21-7-6-17-28-21/h4-5,8-13,21H,2-3,6-7,14-18H2,1H3,(H,25,26). The van der Waals surface area contributed by atoms with Crippen LogP contribution in [0, 0.1) is 0 Å². The van der Waals surface area contributed by atoms with Crippen LogP contribution in [0.5, 0.6) is 5.75 Å². The number of benzene rings is 2. The molecule has 0 bridgehead atoms. The van der Waals surface area contributed by atoms with E-state index in [9.17, 15) is 4.79 Å². The van der Waals surface area contributed by atoms with Gasteiger partial charge in [-0.2, -0.15) is 0 Å². The molecule has 0 radical (unpaired) electrons. The number of hydrogen-bond donors (Lipinski definition) is 1. The first-order valence-electron chi connectivity index (χ1n) is 10.6. The molecule has 0 aromatic heterocycles. The Morgan fingerprint density at radius 2 is 2.03 bits per heavy atom. The van der Waals surface area contributed by atoms with Crippen LogP contribution in [0.3, 0.4) is 0 Å². The van der Waals surface area contributed by atoms with Crippen molar-refractivity contribution in [2.75, 3.05) is 25.5 Å². The summed E-state index contributed by atoms with van der Waals surface area (Å²) < 4.78 is 11.4. The van der Waals surface area contributed by atoms with Crippen LogP contribution >= 0.6 is 11.8 Å². The van der Waals surface area contributed by atoms with E-state index in [0.29, 0.717) is 12.6 Å². The van der Waals surface area contributed by atoms with E-state index in [2.05, 4.69) is 24.4 Å². The molecule has 156 valence electrons. The minimum absolute atomic E-state index is 0.0139. The molecule has 1 aliphatic heterocycles. The van der Waals surface area contributed by atoms with E-state index in [1.807, 2.05) is 36.4 Å². The van der Waals surface area contributed by atoms with Gasteiger partial charge in [-0.15, -0.1) is 11.8 Å². The molecule has 1 saturated heterocycles. The predicted molar refractivity (Wildman–Crippen MR) is 119 cm³/mol. The lowest BCUT2D eigenvalue weighted by Crippen LogP contribution is -2.26. The number of thioether (sulfide) groups is 1. The van der Waals surface area contributed by atoms with E-state index in [1.54, 1.807) is 11.8 Å². The van der Waals surface area contributed by atoms with Gasteiger partial charge in [-0.1, -0.05) is 37.6 Å². The maximum Gasteiger partial charge on any atom is 0.252 e. The summed E-state index contributed by atoms with van der Waals surface area (Å²) in [6.07, 6.45) is 5.56. The third-order valence-corrected chi connectivity index (χ3v) is 6.18. The third-order valence-electron chi connectivity index (χ3n) is 4.97. The largest absolute Gasteiger partial charge is 0.494 e. The van der Waals surface area contributed by atoms with Crippen molar-refractivity contribution in [3.05, 3.63) is 59.7 Å². The fraction of sp³-hybridized carbons (Fsp3) is 0.458. The van der Waals surface area contributed by atoms with Crippen molar-refractivity contribution in [3.63, 3.8) is 0 Å². The second-order valence-corrected chi connectivity index (χ2v) is 8.36. The molecule has 2 aromatic carbocycles. The number of hydrogen-bond acceptors (Lipinski definition) is 4. The van der Waals surface area contributed by atoms with Gasteiger partial charge in [0.1, 0.15) is 5.75 Å². The van der Waals surface area contributed by atoms with Crippen molar-refractivity contribution in [2.24, 2.45) is 0 Å². The second-order valence-electron chi connectivity index (χ2n) is 7.29. The predicted octanol–water partition coefficient (Wildman–Crippen LogP) is 5.11. The lowest BCUT2D eigenvalue weighted by molar-refractivity contribution is 0.0951. The van der Waals surface area contributed by atoms with Crippen molar-refractivity contribution >= 4 is 17.7 Å².